The minimum absolute atomic E-state index is 0.100. The molecule has 1 aromatic carbocycles. The van der Waals surface area contributed by atoms with Gasteiger partial charge in [-0.15, -0.1) is 0 Å². The van der Waals surface area contributed by atoms with E-state index in [1.165, 1.54) is 37.7 Å². The monoisotopic (exact) mass is 339 g/mol. The molecule has 1 aliphatic carbocycles. The van der Waals surface area contributed by atoms with Gasteiger partial charge in [0.2, 0.25) is 5.91 Å². The summed E-state index contributed by atoms with van der Waals surface area (Å²) in [7, 11) is 2.09. The summed E-state index contributed by atoms with van der Waals surface area (Å²) in [5.41, 5.74) is 3.32. The first-order chi connectivity index (χ1) is 12.1. The first-order valence-corrected chi connectivity index (χ1v) is 9.41. The summed E-state index contributed by atoms with van der Waals surface area (Å²) >= 11 is 0. The Labute approximate surface area is 150 Å². The normalized spacial score (nSPS) is 17.0. The zero-order valence-corrected chi connectivity index (χ0v) is 15.6. The molecule has 1 aliphatic rings. The molecule has 1 atom stereocenters. The average molecular weight is 339 g/mol. The third-order valence-electron chi connectivity index (χ3n) is 5.71. The molecule has 3 rings (SSSR count). The van der Waals surface area contributed by atoms with Crippen molar-refractivity contribution >= 4 is 16.8 Å². The first kappa shape index (κ1) is 17.9. The van der Waals surface area contributed by atoms with Crippen molar-refractivity contribution in [2.24, 2.45) is 0 Å². The summed E-state index contributed by atoms with van der Waals surface area (Å²) in [5, 5.41) is 4.26. The Morgan fingerprint density at radius 3 is 2.80 bits per heavy atom. The minimum Gasteiger partial charge on any atom is -0.351 e. The van der Waals surface area contributed by atoms with Gasteiger partial charge >= 0.3 is 0 Å². The van der Waals surface area contributed by atoms with Crippen LogP contribution in [0.15, 0.2) is 30.5 Å². The maximum Gasteiger partial charge on any atom is 0.237 e. The number of carbonyl (C=O) groups excluding carboxylic acids is 1. The average Bonchev–Trinajstić information content (AvgIpc) is 2.66. The van der Waals surface area contributed by atoms with Gasteiger partial charge in [0, 0.05) is 24.2 Å². The van der Waals surface area contributed by atoms with Crippen molar-refractivity contribution in [1.29, 1.82) is 0 Å². The molecule has 2 aromatic rings. The Morgan fingerprint density at radius 1 is 1.28 bits per heavy atom. The summed E-state index contributed by atoms with van der Waals surface area (Å²) < 4.78 is 0. The summed E-state index contributed by atoms with van der Waals surface area (Å²) in [6.45, 7) is 4.66. The van der Waals surface area contributed by atoms with Gasteiger partial charge in [-0.25, -0.2) is 0 Å². The van der Waals surface area contributed by atoms with E-state index in [-0.39, 0.29) is 11.9 Å². The lowest BCUT2D eigenvalue weighted by Crippen LogP contribution is -2.48. The van der Waals surface area contributed by atoms with E-state index < -0.39 is 0 Å². The Morgan fingerprint density at radius 2 is 2.04 bits per heavy atom. The fourth-order valence-electron chi connectivity index (χ4n) is 3.87. The van der Waals surface area contributed by atoms with Crippen LogP contribution in [-0.2, 0) is 11.3 Å². The molecule has 4 heteroatoms. The van der Waals surface area contributed by atoms with Gasteiger partial charge in [-0.1, -0.05) is 31.4 Å². The number of rotatable bonds is 5. The first-order valence-electron chi connectivity index (χ1n) is 9.41. The largest absolute Gasteiger partial charge is 0.351 e. The zero-order chi connectivity index (χ0) is 17.8. The molecule has 1 saturated carbocycles. The fraction of sp³-hybridized carbons (Fsp3) is 0.524. The van der Waals surface area contributed by atoms with Crippen LogP contribution in [0.2, 0.25) is 0 Å². The van der Waals surface area contributed by atoms with Crippen molar-refractivity contribution in [3.63, 3.8) is 0 Å². The molecule has 0 saturated heterocycles. The van der Waals surface area contributed by atoms with Gasteiger partial charge in [0.15, 0.2) is 0 Å². The van der Waals surface area contributed by atoms with Crippen LogP contribution in [0.1, 0.15) is 50.2 Å². The number of hydrogen-bond acceptors (Lipinski definition) is 3. The van der Waals surface area contributed by atoms with Crippen LogP contribution in [-0.4, -0.2) is 34.9 Å². The molecule has 0 spiro atoms. The molecule has 1 heterocycles. The van der Waals surface area contributed by atoms with Gasteiger partial charge in [-0.3, -0.25) is 14.7 Å². The van der Waals surface area contributed by atoms with E-state index in [0.29, 0.717) is 12.6 Å². The number of fused-ring (bicyclic) bond motifs is 1. The highest BCUT2D eigenvalue weighted by Gasteiger charge is 2.26. The lowest BCUT2D eigenvalue weighted by molar-refractivity contribution is -0.126. The number of hydrogen-bond donors (Lipinski definition) is 1. The Balaban J connectivity index is 1.67. The van der Waals surface area contributed by atoms with E-state index in [1.54, 1.807) is 6.20 Å². The predicted octanol–water partition coefficient (Wildman–Crippen LogP) is 3.81. The predicted molar refractivity (Wildman–Crippen MR) is 102 cm³/mol. The number of amides is 1. The second kappa shape index (κ2) is 7.96. The molecule has 1 aromatic heterocycles. The van der Waals surface area contributed by atoms with Crippen LogP contribution in [0, 0.1) is 6.92 Å². The molecule has 0 unspecified atom stereocenters. The van der Waals surface area contributed by atoms with E-state index >= 15 is 0 Å². The van der Waals surface area contributed by atoms with Crippen LogP contribution in [0.3, 0.4) is 0 Å². The summed E-state index contributed by atoms with van der Waals surface area (Å²) in [6, 6.07) is 8.58. The third kappa shape index (κ3) is 4.01. The number of nitrogens with one attached hydrogen (secondary N) is 1. The lowest BCUT2D eigenvalue weighted by atomic mass is 9.93. The standard InChI is InChI=1S/C21H29N3O/c1-15-11-12-20-18(10-7-13-22-20)19(15)14-23-21(25)16(2)24(3)17-8-5-4-6-9-17/h7,10-13,16-17H,4-6,8-9,14H2,1-3H3,(H,23,25)/t16-/m0/s1. The number of aromatic nitrogens is 1. The second-order valence-corrected chi connectivity index (χ2v) is 7.28. The fourth-order valence-corrected chi connectivity index (χ4v) is 3.87. The van der Waals surface area contributed by atoms with Crippen LogP contribution < -0.4 is 5.32 Å². The number of carbonyl (C=O) groups is 1. The van der Waals surface area contributed by atoms with Crippen LogP contribution in [0.25, 0.3) is 10.9 Å². The summed E-state index contributed by atoms with van der Waals surface area (Å²) in [4.78, 5) is 19.3. The Bertz CT molecular complexity index is 737. The van der Waals surface area contributed by atoms with Crippen molar-refractivity contribution in [3.05, 3.63) is 41.6 Å². The minimum atomic E-state index is -0.100. The van der Waals surface area contributed by atoms with Crippen LogP contribution in [0.4, 0.5) is 0 Å². The molecule has 134 valence electrons. The van der Waals surface area contributed by atoms with E-state index in [0.717, 1.165) is 16.5 Å². The van der Waals surface area contributed by atoms with Crippen LogP contribution >= 0.6 is 0 Å². The van der Waals surface area contributed by atoms with E-state index in [2.05, 4.69) is 41.3 Å². The summed E-state index contributed by atoms with van der Waals surface area (Å²) in [5.74, 6) is 0.105. The van der Waals surface area contributed by atoms with Crippen molar-refractivity contribution in [2.45, 2.75) is 64.6 Å². The van der Waals surface area contributed by atoms with Crippen molar-refractivity contribution in [2.75, 3.05) is 7.05 Å². The Kier molecular flexibility index (Phi) is 5.69. The summed E-state index contributed by atoms with van der Waals surface area (Å²) in [6.07, 6.45) is 8.13. The number of benzene rings is 1. The number of aryl methyl sites for hydroxylation is 1. The topological polar surface area (TPSA) is 45.2 Å². The number of pyridine rings is 1. The van der Waals surface area contributed by atoms with Gasteiger partial charge in [-0.05, 0) is 57.0 Å². The highest BCUT2D eigenvalue weighted by molar-refractivity contribution is 5.85. The van der Waals surface area contributed by atoms with Crippen molar-refractivity contribution in [3.8, 4) is 0 Å². The highest BCUT2D eigenvalue weighted by Crippen LogP contribution is 2.23. The maximum absolute atomic E-state index is 12.7. The molecular weight excluding hydrogens is 310 g/mol. The Hall–Kier alpha value is -1.94. The molecular formula is C21H29N3O. The number of nitrogens with zero attached hydrogens (tertiary/aromatic N) is 2. The van der Waals surface area contributed by atoms with Crippen LogP contribution in [0.5, 0.6) is 0 Å². The zero-order valence-electron chi connectivity index (χ0n) is 15.6. The molecule has 0 aliphatic heterocycles. The highest BCUT2D eigenvalue weighted by atomic mass is 16.2. The second-order valence-electron chi connectivity index (χ2n) is 7.28. The van der Waals surface area contributed by atoms with E-state index in [4.69, 9.17) is 0 Å². The molecule has 1 fully saturated rings. The molecule has 0 bridgehead atoms. The van der Waals surface area contributed by atoms with Crippen molar-refractivity contribution in [1.82, 2.24) is 15.2 Å². The molecule has 0 radical (unpaired) electrons. The SMILES string of the molecule is Cc1ccc2ncccc2c1CNC(=O)[C@H](C)N(C)C1CCCCC1. The number of likely N-dealkylation sites (N-methyl/N-ethyl adjacent to an activating group) is 1. The van der Waals surface area contributed by atoms with Crippen molar-refractivity contribution < 1.29 is 4.79 Å². The van der Waals surface area contributed by atoms with E-state index in [9.17, 15) is 4.79 Å². The molecule has 25 heavy (non-hydrogen) atoms. The third-order valence-corrected chi connectivity index (χ3v) is 5.71. The van der Waals surface area contributed by atoms with Gasteiger partial charge in [0.25, 0.3) is 0 Å². The lowest BCUT2D eigenvalue weighted by Gasteiger charge is -2.34. The molecule has 1 amide bonds. The van der Waals surface area contributed by atoms with Gasteiger partial charge in [-0.2, -0.15) is 0 Å². The van der Waals surface area contributed by atoms with E-state index in [1.807, 2.05) is 19.1 Å². The molecule has 4 nitrogen and oxygen atoms in total. The maximum atomic E-state index is 12.7. The molecule has 1 N–H and O–H groups in total. The van der Waals surface area contributed by atoms with Gasteiger partial charge < -0.3 is 5.32 Å². The quantitative estimate of drug-likeness (QED) is 0.901. The smallest absolute Gasteiger partial charge is 0.237 e. The van der Waals surface area contributed by atoms with Gasteiger partial charge in [0.05, 0.1) is 11.6 Å². The van der Waals surface area contributed by atoms with Gasteiger partial charge in [0.1, 0.15) is 0 Å².